The van der Waals surface area contributed by atoms with E-state index in [9.17, 15) is 9.90 Å². The van der Waals surface area contributed by atoms with E-state index in [1.165, 1.54) is 18.5 Å². The summed E-state index contributed by atoms with van der Waals surface area (Å²) >= 11 is 0. The lowest BCUT2D eigenvalue weighted by molar-refractivity contribution is 0.0936. The first-order chi connectivity index (χ1) is 9.19. The number of carbonyl (C=O) groups is 1. The molecule has 19 heavy (non-hydrogen) atoms. The number of aromatic hydroxyl groups is 1. The fourth-order valence-electron chi connectivity index (χ4n) is 2.40. The molecule has 1 aliphatic heterocycles. The molecule has 1 fully saturated rings. The number of hydrogen-bond acceptors (Lipinski definition) is 4. The van der Waals surface area contributed by atoms with Crippen LogP contribution in [0.1, 0.15) is 30.1 Å². The minimum absolute atomic E-state index is 0.0175. The van der Waals surface area contributed by atoms with E-state index in [0.29, 0.717) is 18.0 Å². The Morgan fingerprint density at radius 1 is 1.47 bits per heavy atom. The fraction of sp³-hybridized carbons (Fsp3) is 0.571. The Morgan fingerprint density at radius 3 is 2.84 bits per heavy atom. The average Bonchev–Trinajstić information content (AvgIpc) is 2.45. The minimum Gasteiger partial charge on any atom is -0.506 e. The summed E-state index contributed by atoms with van der Waals surface area (Å²) in [4.78, 5) is 18.1. The van der Waals surface area contributed by atoms with E-state index in [2.05, 4.69) is 22.1 Å². The van der Waals surface area contributed by atoms with Crippen molar-refractivity contribution < 1.29 is 9.90 Å². The third kappa shape index (κ3) is 3.92. The van der Waals surface area contributed by atoms with Gasteiger partial charge in [0.1, 0.15) is 5.75 Å². The van der Waals surface area contributed by atoms with E-state index in [-0.39, 0.29) is 11.7 Å². The SMILES string of the molecule is CCN1CCC(CNC(=O)c2cncc(O)c2)CC1. The Hall–Kier alpha value is -1.62. The van der Waals surface area contributed by atoms with Crippen LogP contribution in [0.5, 0.6) is 5.75 Å². The molecule has 0 atom stereocenters. The van der Waals surface area contributed by atoms with Crippen molar-refractivity contribution in [1.29, 1.82) is 0 Å². The molecule has 0 bridgehead atoms. The van der Waals surface area contributed by atoms with Gasteiger partial charge in [-0.15, -0.1) is 0 Å². The van der Waals surface area contributed by atoms with Crippen LogP contribution in [-0.4, -0.2) is 47.1 Å². The van der Waals surface area contributed by atoms with Crippen LogP contribution in [0.15, 0.2) is 18.5 Å². The molecule has 0 radical (unpaired) electrons. The summed E-state index contributed by atoms with van der Waals surface area (Å²) in [6, 6.07) is 1.43. The Kier molecular flexibility index (Phi) is 4.74. The maximum atomic E-state index is 11.9. The molecule has 1 aliphatic rings. The highest BCUT2D eigenvalue weighted by Crippen LogP contribution is 2.16. The number of nitrogens with one attached hydrogen (secondary N) is 1. The molecule has 1 amide bonds. The number of pyridine rings is 1. The van der Waals surface area contributed by atoms with Gasteiger partial charge >= 0.3 is 0 Å². The van der Waals surface area contributed by atoms with E-state index >= 15 is 0 Å². The molecule has 2 heterocycles. The van der Waals surface area contributed by atoms with Crippen molar-refractivity contribution in [2.75, 3.05) is 26.2 Å². The number of nitrogens with zero attached hydrogens (tertiary/aromatic N) is 2. The lowest BCUT2D eigenvalue weighted by Crippen LogP contribution is -2.38. The van der Waals surface area contributed by atoms with Crippen LogP contribution in [0, 0.1) is 5.92 Å². The summed E-state index contributed by atoms with van der Waals surface area (Å²) < 4.78 is 0. The zero-order chi connectivity index (χ0) is 13.7. The maximum Gasteiger partial charge on any atom is 0.252 e. The van der Waals surface area contributed by atoms with Crippen LogP contribution in [0.2, 0.25) is 0 Å². The summed E-state index contributed by atoms with van der Waals surface area (Å²) in [6.07, 6.45) is 5.05. The van der Waals surface area contributed by atoms with Crippen molar-refractivity contribution in [2.45, 2.75) is 19.8 Å². The number of aromatic nitrogens is 1. The normalized spacial score (nSPS) is 17.3. The Labute approximate surface area is 113 Å². The van der Waals surface area contributed by atoms with Gasteiger partial charge in [0, 0.05) is 12.7 Å². The zero-order valence-corrected chi connectivity index (χ0v) is 11.3. The lowest BCUT2D eigenvalue weighted by Gasteiger charge is -2.31. The molecular weight excluding hydrogens is 242 g/mol. The third-order valence-corrected chi connectivity index (χ3v) is 3.69. The molecule has 5 heteroatoms. The molecule has 0 unspecified atom stereocenters. The number of amides is 1. The summed E-state index contributed by atoms with van der Waals surface area (Å²) in [6.45, 7) is 6.21. The topological polar surface area (TPSA) is 65.5 Å². The average molecular weight is 263 g/mol. The van der Waals surface area contributed by atoms with E-state index in [0.717, 1.165) is 32.5 Å². The number of carbonyl (C=O) groups excluding carboxylic acids is 1. The Bertz CT molecular complexity index is 428. The van der Waals surface area contributed by atoms with Crippen LogP contribution >= 0.6 is 0 Å². The standard InChI is InChI=1S/C14H21N3O2/c1-2-17-5-3-11(4-6-17)8-16-14(19)12-7-13(18)10-15-9-12/h7,9-11,18H,2-6,8H2,1H3,(H,16,19). The Morgan fingerprint density at radius 2 is 2.21 bits per heavy atom. The smallest absolute Gasteiger partial charge is 0.252 e. The molecule has 1 aromatic rings. The molecule has 2 rings (SSSR count). The minimum atomic E-state index is -0.165. The first kappa shape index (κ1) is 13.8. The quantitative estimate of drug-likeness (QED) is 0.858. The van der Waals surface area contributed by atoms with E-state index in [4.69, 9.17) is 0 Å². The lowest BCUT2D eigenvalue weighted by atomic mass is 9.97. The van der Waals surface area contributed by atoms with Crippen LogP contribution in [-0.2, 0) is 0 Å². The van der Waals surface area contributed by atoms with Gasteiger partial charge in [-0.25, -0.2) is 0 Å². The van der Waals surface area contributed by atoms with Crippen molar-refractivity contribution in [3.05, 3.63) is 24.0 Å². The van der Waals surface area contributed by atoms with Gasteiger partial charge in [-0.3, -0.25) is 9.78 Å². The number of piperidine rings is 1. The highest BCUT2D eigenvalue weighted by molar-refractivity contribution is 5.94. The van der Waals surface area contributed by atoms with Gasteiger partial charge in [-0.05, 0) is 44.5 Å². The predicted molar refractivity (Wildman–Crippen MR) is 73.1 cm³/mol. The van der Waals surface area contributed by atoms with Gasteiger partial charge in [0.25, 0.3) is 5.91 Å². The van der Waals surface area contributed by atoms with Gasteiger partial charge in [-0.1, -0.05) is 6.92 Å². The summed E-state index contributed by atoms with van der Waals surface area (Å²) in [5.41, 5.74) is 0.408. The van der Waals surface area contributed by atoms with Crippen LogP contribution in [0.3, 0.4) is 0 Å². The fourth-order valence-corrected chi connectivity index (χ4v) is 2.40. The van der Waals surface area contributed by atoms with Gasteiger partial charge < -0.3 is 15.3 Å². The summed E-state index contributed by atoms with van der Waals surface area (Å²) in [5, 5.41) is 12.2. The second-order valence-corrected chi connectivity index (χ2v) is 5.02. The molecule has 1 aromatic heterocycles. The molecule has 0 saturated carbocycles. The highest BCUT2D eigenvalue weighted by Gasteiger charge is 2.18. The van der Waals surface area contributed by atoms with Crippen molar-refractivity contribution in [1.82, 2.24) is 15.2 Å². The first-order valence-electron chi connectivity index (χ1n) is 6.83. The van der Waals surface area contributed by atoms with Crippen molar-refractivity contribution in [3.63, 3.8) is 0 Å². The molecule has 5 nitrogen and oxygen atoms in total. The van der Waals surface area contributed by atoms with E-state index in [1.807, 2.05) is 0 Å². The second-order valence-electron chi connectivity index (χ2n) is 5.02. The molecular formula is C14H21N3O2. The molecule has 0 aromatic carbocycles. The van der Waals surface area contributed by atoms with E-state index < -0.39 is 0 Å². The monoisotopic (exact) mass is 263 g/mol. The molecule has 0 aliphatic carbocycles. The van der Waals surface area contributed by atoms with Crippen molar-refractivity contribution in [3.8, 4) is 5.75 Å². The summed E-state index contributed by atoms with van der Waals surface area (Å²) in [7, 11) is 0. The highest BCUT2D eigenvalue weighted by atomic mass is 16.3. The largest absolute Gasteiger partial charge is 0.506 e. The van der Waals surface area contributed by atoms with E-state index in [1.54, 1.807) is 0 Å². The van der Waals surface area contributed by atoms with Gasteiger partial charge in [0.2, 0.25) is 0 Å². The third-order valence-electron chi connectivity index (χ3n) is 3.69. The van der Waals surface area contributed by atoms with Crippen LogP contribution in [0.25, 0.3) is 0 Å². The maximum absolute atomic E-state index is 11.9. The van der Waals surface area contributed by atoms with Crippen LogP contribution < -0.4 is 5.32 Å². The van der Waals surface area contributed by atoms with Gasteiger partial charge in [0.05, 0.1) is 11.8 Å². The first-order valence-corrected chi connectivity index (χ1v) is 6.83. The number of hydrogen-bond donors (Lipinski definition) is 2. The molecule has 104 valence electrons. The second kappa shape index (κ2) is 6.52. The van der Waals surface area contributed by atoms with Crippen molar-refractivity contribution >= 4 is 5.91 Å². The predicted octanol–water partition coefficient (Wildman–Crippen LogP) is 1.25. The van der Waals surface area contributed by atoms with Crippen molar-refractivity contribution in [2.24, 2.45) is 5.92 Å². The molecule has 1 saturated heterocycles. The summed E-state index contributed by atoms with van der Waals surface area (Å²) in [5.74, 6) is 0.405. The zero-order valence-electron chi connectivity index (χ0n) is 11.3. The van der Waals surface area contributed by atoms with Crippen LogP contribution in [0.4, 0.5) is 0 Å². The van der Waals surface area contributed by atoms with Gasteiger partial charge in [-0.2, -0.15) is 0 Å². The van der Waals surface area contributed by atoms with Gasteiger partial charge in [0.15, 0.2) is 0 Å². The number of likely N-dealkylation sites (tertiary alicyclic amines) is 1. The molecule has 0 spiro atoms. The molecule has 2 N–H and O–H groups in total. The number of rotatable bonds is 4. The Balaban J connectivity index is 1.78.